The highest BCUT2D eigenvalue weighted by Gasteiger charge is 2.45. The van der Waals surface area contributed by atoms with Gasteiger partial charge in [0.2, 0.25) is 5.91 Å². The fraction of sp³-hybridized carbons (Fsp3) is 0.933. The molecule has 2 aliphatic carbocycles. The molecule has 102 valence electrons. The van der Waals surface area contributed by atoms with Crippen molar-refractivity contribution < 1.29 is 4.79 Å². The molecular formula is C15H26N2O. The number of hydrogen-bond acceptors (Lipinski definition) is 2. The van der Waals surface area contributed by atoms with Crippen LogP contribution in [0.3, 0.4) is 0 Å². The maximum absolute atomic E-state index is 12.6. The molecule has 3 nitrogen and oxygen atoms in total. The minimum Gasteiger partial charge on any atom is -0.338 e. The number of rotatable bonds is 2. The second-order valence-electron chi connectivity index (χ2n) is 6.74. The van der Waals surface area contributed by atoms with E-state index in [1.165, 1.54) is 32.1 Å². The lowest BCUT2D eigenvalue weighted by molar-refractivity contribution is -0.136. The summed E-state index contributed by atoms with van der Waals surface area (Å²) in [7, 11) is 1.93. The second kappa shape index (κ2) is 4.84. The van der Waals surface area contributed by atoms with Crippen LogP contribution in [-0.4, -0.2) is 36.5 Å². The van der Waals surface area contributed by atoms with Gasteiger partial charge in [0.05, 0.1) is 6.04 Å². The van der Waals surface area contributed by atoms with Gasteiger partial charge in [0, 0.05) is 12.6 Å². The molecule has 0 aromatic heterocycles. The summed E-state index contributed by atoms with van der Waals surface area (Å²) < 4.78 is 0. The molecule has 5 unspecified atom stereocenters. The summed E-state index contributed by atoms with van der Waals surface area (Å²) in [6, 6.07) is 0.601. The van der Waals surface area contributed by atoms with E-state index in [0.717, 1.165) is 24.8 Å². The first-order valence-electron chi connectivity index (χ1n) is 7.66. The third-order valence-corrected chi connectivity index (χ3v) is 5.34. The molecule has 0 bridgehead atoms. The maximum Gasteiger partial charge on any atom is 0.239 e. The van der Waals surface area contributed by atoms with Crippen LogP contribution in [-0.2, 0) is 4.79 Å². The van der Waals surface area contributed by atoms with E-state index in [1.54, 1.807) is 0 Å². The van der Waals surface area contributed by atoms with Gasteiger partial charge < -0.3 is 10.2 Å². The molecule has 2 saturated carbocycles. The predicted octanol–water partition coefficient (Wildman–Crippen LogP) is 2.02. The van der Waals surface area contributed by atoms with E-state index in [1.807, 2.05) is 7.05 Å². The largest absolute Gasteiger partial charge is 0.338 e. The van der Waals surface area contributed by atoms with Gasteiger partial charge in [0.15, 0.2) is 0 Å². The number of amides is 1. The first-order valence-corrected chi connectivity index (χ1v) is 7.66. The molecule has 3 rings (SSSR count). The Balaban J connectivity index is 1.72. The average molecular weight is 250 g/mol. The monoisotopic (exact) mass is 250 g/mol. The van der Waals surface area contributed by atoms with Gasteiger partial charge in [-0.3, -0.25) is 4.79 Å². The third-order valence-electron chi connectivity index (χ3n) is 5.34. The normalized spacial score (nSPS) is 44.4. The second-order valence-corrected chi connectivity index (χ2v) is 6.74. The highest BCUT2D eigenvalue weighted by Crippen LogP contribution is 2.50. The molecule has 5 atom stereocenters. The number of carbonyl (C=O) groups is 1. The molecule has 1 amide bonds. The molecule has 1 heterocycles. The van der Waals surface area contributed by atoms with Gasteiger partial charge in [-0.15, -0.1) is 0 Å². The quantitative estimate of drug-likeness (QED) is 0.813. The van der Waals surface area contributed by atoms with Crippen molar-refractivity contribution in [1.29, 1.82) is 0 Å². The fourth-order valence-corrected chi connectivity index (χ4v) is 4.00. The predicted molar refractivity (Wildman–Crippen MR) is 72.2 cm³/mol. The summed E-state index contributed by atoms with van der Waals surface area (Å²) in [5, 5.41) is 3.21. The van der Waals surface area contributed by atoms with Crippen LogP contribution in [0.2, 0.25) is 0 Å². The van der Waals surface area contributed by atoms with Gasteiger partial charge in [-0.05, 0) is 63.3 Å². The summed E-state index contributed by atoms with van der Waals surface area (Å²) >= 11 is 0. The summed E-state index contributed by atoms with van der Waals surface area (Å²) in [6.07, 6.45) is 7.50. The molecule has 18 heavy (non-hydrogen) atoms. The van der Waals surface area contributed by atoms with Crippen molar-refractivity contribution in [3.05, 3.63) is 0 Å². The molecule has 0 radical (unpaired) electrons. The van der Waals surface area contributed by atoms with Crippen molar-refractivity contribution in [3.63, 3.8) is 0 Å². The molecule has 3 fully saturated rings. The Morgan fingerprint density at radius 2 is 1.94 bits per heavy atom. The van der Waals surface area contributed by atoms with E-state index in [9.17, 15) is 4.79 Å². The maximum atomic E-state index is 12.6. The van der Waals surface area contributed by atoms with Gasteiger partial charge in [0.1, 0.15) is 0 Å². The van der Waals surface area contributed by atoms with Crippen molar-refractivity contribution in [2.45, 2.75) is 57.5 Å². The lowest BCUT2D eigenvalue weighted by Crippen LogP contribution is -2.49. The van der Waals surface area contributed by atoms with Crippen LogP contribution in [0.15, 0.2) is 0 Å². The molecule has 0 spiro atoms. The van der Waals surface area contributed by atoms with E-state index in [-0.39, 0.29) is 6.04 Å². The number of nitrogens with zero attached hydrogens (tertiary/aromatic N) is 1. The summed E-state index contributed by atoms with van der Waals surface area (Å²) in [4.78, 5) is 14.8. The van der Waals surface area contributed by atoms with Crippen molar-refractivity contribution in [2.24, 2.45) is 17.8 Å². The minimum absolute atomic E-state index is 0.0619. The van der Waals surface area contributed by atoms with Crippen molar-refractivity contribution in [1.82, 2.24) is 10.2 Å². The molecule has 3 heteroatoms. The number of carbonyl (C=O) groups excluding carboxylic acids is 1. The van der Waals surface area contributed by atoms with Gasteiger partial charge >= 0.3 is 0 Å². The Hall–Kier alpha value is -0.570. The number of likely N-dealkylation sites (N-methyl/N-ethyl adjacent to an activating group) is 1. The number of likely N-dealkylation sites (tertiary alicyclic amines) is 1. The lowest BCUT2D eigenvalue weighted by Gasteiger charge is -2.36. The number of fused-ring (bicyclic) bond motifs is 1. The molecule has 0 aromatic carbocycles. The average Bonchev–Trinajstić information content (AvgIpc) is 3.14. The van der Waals surface area contributed by atoms with E-state index in [0.29, 0.717) is 17.9 Å². The van der Waals surface area contributed by atoms with Gasteiger partial charge in [0.25, 0.3) is 0 Å². The Labute approximate surface area is 110 Å². The summed E-state index contributed by atoms with van der Waals surface area (Å²) in [5.41, 5.74) is 0. The Morgan fingerprint density at radius 1 is 1.11 bits per heavy atom. The molecular weight excluding hydrogens is 224 g/mol. The highest BCUT2D eigenvalue weighted by molar-refractivity contribution is 5.82. The third kappa shape index (κ3) is 2.29. The van der Waals surface area contributed by atoms with Crippen molar-refractivity contribution >= 4 is 5.91 Å². The SMILES string of the molecule is CNC1CCC(C)CN(C2CCC3CC3C2)C1=O. The van der Waals surface area contributed by atoms with Crippen molar-refractivity contribution in [2.75, 3.05) is 13.6 Å². The lowest BCUT2D eigenvalue weighted by atomic mass is 9.93. The zero-order chi connectivity index (χ0) is 12.7. The summed E-state index contributed by atoms with van der Waals surface area (Å²) in [6.45, 7) is 3.28. The molecule has 1 N–H and O–H groups in total. The number of nitrogens with one attached hydrogen (secondary N) is 1. The van der Waals surface area contributed by atoms with Crippen LogP contribution >= 0.6 is 0 Å². The van der Waals surface area contributed by atoms with Crippen LogP contribution in [0.1, 0.15) is 45.4 Å². The summed E-state index contributed by atoms with van der Waals surface area (Å²) in [5.74, 6) is 2.99. The minimum atomic E-state index is 0.0619. The first-order chi connectivity index (χ1) is 8.69. The standard InChI is InChI=1S/C15H26N2O/c1-10-3-6-14(16-2)15(18)17(9-10)13-5-4-11-7-12(11)8-13/h10-14,16H,3-9H2,1-2H3. The Bertz CT molecular complexity index is 330. The van der Waals surface area contributed by atoms with Crippen LogP contribution in [0, 0.1) is 17.8 Å². The smallest absolute Gasteiger partial charge is 0.239 e. The van der Waals surface area contributed by atoms with E-state index in [4.69, 9.17) is 0 Å². The molecule has 0 aromatic rings. The number of hydrogen-bond donors (Lipinski definition) is 1. The van der Waals surface area contributed by atoms with Gasteiger partial charge in [-0.25, -0.2) is 0 Å². The van der Waals surface area contributed by atoms with Crippen LogP contribution in [0.4, 0.5) is 0 Å². The van der Waals surface area contributed by atoms with Crippen LogP contribution < -0.4 is 5.32 Å². The zero-order valence-corrected chi connectivity index (χ0v) is 11.7. The van der Waals surface area contributed by atoms with Gasteiger partial charge in [-0.2, -0.15) is 0 Å². The van der Waals surface area contributed by atoms with Crippen LogP contribution in [0.5, 0.6) is 0 Å². The van der Waals surface area contributed by atoms with E-state index >= 15 is 0 Å². The molecule has 3 aliphatic rings. The molecule has 1 aliphatic heterocycles. The topological polar surface area (TPSA) is 32.3 Å². The fourth-order valence-electron chi connectivity index (χ4n) is 4.00. The van der Waals surface area contributed by atoms with E-state index < -0.39 is 0 Å². The van der Waals surface area contributed by atoms with Crippen molar-refractivity contribution in [3.8, 4) is 0 Å². The van der Waals surface area contributed by atoms with Gasteiger partial charge in [-0.1, -0.05) is 6.92 Å². The highest BCUT2D eigenvalue weighted by atomic mass is 16.2. The van der Waals surface area contributed by atoms with E-state index in [2.05, 4.69) is 17.1 Å². The Morgan fingerprint density at radius 3 is 2.67 bits per heavy atom. The Kier molecular flexibility index (Phi) is 3.35. The zero-order valence-electron chi connectivity index (χ0n) is 11.7. The van der Waals surface area contributed by atoms with Crippen LogP contribution in [0.25, 0.3) is 0 Å². The first kappa shape index (κ1) is 12.5. The molecule has 1 saturated heterocycles.